The number of carbonyl (C=O) groups is 2. The lowest BCUT2D eigenvalue weighted by molar-refractivity contribution is -0.140. The molecular formula is C29H29NO6. The molecule has 0 aromatic heterocycles. The molecule has 1 N–H and O–H groups in total. The van der Waals surface area contributed by atoms with Crippen molar-refractivity contribution < 1.29 is 28.9 Å². The lowest BCUT2D eigenvalue weighted by Crippen LogP contribution is -2.32. The number of Topliss-reactive ketones (excluding diaryl/α,β-unsaturated/α-hetero) is 1. The summed E-state index contributed by atoms with van der Waals surface area (Å²) in [6, 6.07) is 21.4. The van der Waals surface area contributed by atoms with Gasteiger partial charge in [-0.3, -0.25) is 9.59 Å². The van der Waals surface area contributed by atoms with E-state index in [0.717, 1.165) is 5.56 Å². The number of hydrogen-bond donors (Lipinski definition) is 1. The van der Waals surface area contributed by atoms with E-state index in [1.165, 1.54) is 12.0 Å². The zero-order chi connectivity index (χ0) is 25.7. The fourth-order valence-electron chi connectivity index (χ4n) is 4.34. The Kier molecular flexibility index (Phi) is 7.71. The van der Waals surface area contributed by atoms with Crippen LogP contribution in [0.15, 0.2) is 78.4 Å². The van der Waals surface area contributed by atoms with Gasteiger partial charge in [-0.1, -0.05) is 42.5 Å². The number of ketones is 1. The van der Waals surface area contributed by atoms with Gasteiger partial charge in [0.05, 0.1) is 25.3 Å². The summed E-state index contributed by atoms with van der Waals surface area (Å²) in [7, 11) is 3.09. The number of methoxy groups -OCH3 is 2. The number of rotatable bonds is 9. The minimum absolute atomic E-state index is 0.0320. The summed E-state index contributed by atoms with van der Waals surface area (Å²) in [5.74, 6) is -0.424. The molecule has 0 spiro atoms. The highest BCUT2D eigenvalue weighted by atomic mass is 16.5. The predicted molar refractivity (Wildman–Crippen MR) is 136 cm³/mol. The number of benzene rings is 3. The highest BCUT2D eigenvalue weighted by Gasteiger charge is 2.46. The molecular weight excluding hydrogens is 458 g/mol. The number of likely N-dealkylation sites (tertiary alicyclic amines) is 1. The van der Waals surface area contributed by atoms with Crippen LogP contribution in [-0.2, 0) is 20.9 Å². The monoisotopic (exact) mass is 487 g/mol. The highest BCUT2D eigenvalue weighted by molar-refractivity contribution is 6.46. The molecule has 3 aromatic rings. The van der Waals surface area contributed by atoms with Gasteiger partial charge in [-0.25, -0.2) is 0 Å². The number of amides is 1. The van der Waals surface area contributed by atoms with Crippen molar-refractivity contribution in [2.75, 3.05) is 27.4 Å². The third-order valence-electron chi connectivity index (χ3n) is 6.19. The van der Waals surface area contributed by atoms with E-state index in [9.17, 15) is 14.7 Å². The maximum Gasteiger partial charge on any atom is 0.295 e. The molecule has 1 unspecified atom stereocenters. The van der Waals surface area contributed by atoms with E-state index >= 15 is 0 Å². The fourth-order valence-corrected chi connectivity index (χ4v) is 4.34. The molecule has 1 fully saturated rings. The third kappa shape index (κ3) is 5.11. The average Bonchev–Trinajstić information content (AvgIpc) is 3.16. The second-order valence-corrected chi connectivity index (χ2v) is 8.51. The minimum atomic E-state index is -0.790. The summed E-state index contributed by atoms with van der Waals surface area (Å²) in [5.41, 5.74) is 2.88. The first-order valence-electron chi connectivity index (χ1n) is 11.6. The van der Waals surface area contributed by atoms with Gasteiger partial charge < -0.3 is 24.2 Å². The number of aryl methyl sites for hydroxylation is 1. The van der Waals surface area contributed by atoms with Crippen LogP contribution in [0.2, 0.25) is 0 Å². The summed E-state index contributed by atoms with van der Waals surface area (Å²) < 4.78 is 16.4. The van der Waals surface area contributed by atoms with Crippen molar-refractivity contribution in [3.05, 3.63) is 101 Å². The summed E-state index contributed by atoms with van der Waals surface area (Å²) in [6.07, 6.45) is 0. The van der Waals surface area contributed by atoms with Gasteiger partial charge in [-0.2, -0.15) is 0 Å². The van der Waals surface area contributed by atoms with E-state index in [4.69, 9.17) is 14.2 Å². The fraction of sp³-hybridized carbons (Fsp3) is 0.241. The van der Waals surface area contributed by atoms with Crippen LogP contribution in [0, 0.1) is 6.92 Å². The van der Waals surface area contributed by atoms with Crippen LogP contribution in [0.25, 0.3) is 5.76 Å². The zero-order valence-electron chi connectivity index (χ0n) is 20.6. The Morgan fingerprint density at radius 2 is 1.72 bits per heavy atom. The van der Waals surface area contributed by atoms with Gasteiger partial charge in [0, 0.05) is 19.2 Å². The summed E-state index contributed by atoms with van der Waals surface area (Å²) >= 11 is 0. The van der Waals surface area contributed by atoms with Crippen LogP contribution in [0.1, 0.15) is 28.3 Å². The first-order chi connectivity index (χ1) is 17.4. The first-order valence-corrected chi connectivity index (χ1v) is 11.6. The van der Waals surface area contributed by atoms with Gasteiger partial charge in [0.2, 0.25) is 0 Å². The van der Waals surface area contributed by atoms with Crippen molar-refractivity contribution in [3.8, 4) is 11.5 Å². The standard InChI is InChI=1S/C29H29NO6/c1-19-16-22(35-3)12-13-24(19)27(31)25-26(30(14-15-34-2)29(33)28(25)32)21-10-7-11-23(17-21)36-18-20-8-5-4-6-9-20/h4-13,16-17,26,31H,14-15,18H2,1-3H3/b27-25+. The number of ether oxygens (including phenoxy) is 3. The molecule has 186 valence electrons. The Morgan fingerprint density at radius 3 is 2.42 bits per heavy atom. The summed E-state index contributed by atoms with van der Waals surface area (Å²) in [4.78, 5) is 27.7. The molecule has 1 saturated heterocycles. The molecule has 7 nitrogen and oxygen atoms in total. The number of aliphatic hydroxyl groups excluding tert-OH is 1. The molecule has 0 bridgehead atoms. The molecule has 1 aliphatic heterocycles. The quantitative estimate of drug-likeness (QED) is 0.269. The largest absolute Gasteiger partial charge is 0.507 e. The van der Waals surface area contributed by atoms with E-state index < -0.39 is 17.7 Å². The highest BCUT2D eigenvalue weighted by Crippen LogP contribution is 2.40. The Bertz CT molecular complexity index is 1280. The van der Waals surface area contributed by atoms with Crippen LogP contribution < -0.4 is 9.47 Å². The summed E-state index contributed by atoms with van der Waals surface area (Å²) in [5, 5.41) is 11.3. The smallest absolute Gasteiger partial charge is 0.295 e. The topological polar surface area (TPSA) is 85.3 Å². The second kappa shape index (κ2) is 11.1. The Labute approximate surface area is 210 Å². The van der Waals surface area contributed by atoms with Gasteiger partial charge >= 0.3 is 0 Å². The second-order valence-electron chi connectivity index (χ2n) is 8.51. The first kappa shape index (κ1) is 25.0. The molecule has 3 aromatic carbocycles. The van der Waals surface area contributed by atoms with Gasteiger partial charge in [0.1, 0.15) is 23.9 Å². The van der Waals surface area contributed by atoms with E-state index in [-0.39, 0.29) is 24.5 Å². The number of nitrogens with zero attached hydrogens (tertiary/aromatic N) is 1. The van der Waals surface area contributed by atoms with Gasteiger partial charge in [-0.15, -0.1) is 0 Å². The molecule has 1 atom stereocenters. The average molecular weight is 488 g/mol. The lowest BCUT2D eigenvalue weighted by Gasteiger charge is -2.25. The Morgan fingerprint density at radius 1 is 0.944 bits per heavy atom. The van der Waals surface area contributed by atoms with E-state index in [1.807, 2.05) is 55.5 Å². The van der Waals surface area contributed by atoms with Crippen LogP contribution in [0.3, 0.4) is 0 Å². The summed E-state index contributed by atoms with van der Waals surface area (Å²) in [6.45, 7) is 2.62. The van der Waals surface area contributed by atoms with E-state index in [2.05, 4.69) is 0 Å². The van der Waals surface area contributed by atoms with Crippen molar-refractivity contribution in [1.82, 2.24) is 4.90 Å². The normalized spacial score (nSPS) is 16.9. The van der Waals surface area contributed by atoms with Crippen molar-refractivity contribution in [1.29, 1.82) is 0 Å². The molecule has 0 aliphatic carbocycles. The number of hydrogen-bond acceptors (Lipinski definition) is 6. The van der Waals surface area contributed by atoms with E-state index in [1.54, 1.807) is 31.4 Å². The Balaban J connectivity index is 1.76. The van der Waals surface area contributed by atoms with E-state index in [0.29, 0.717) is 34.8 Å². The molecule has 0 saturated carbocycles. The molecule has 36 heavy (non-hydrogen) atoms. The SMILES string of the molecule is COCCN1C(=O)C(=O)/C(=C(/O)c2ccc(OC)cc2C)C1c1cccc(OCc2ccccc2)c1. The third-order valence-corrected chi connectivity index (χ3v) is 6.19. The molecule has 4 rings (SSSR count). The van der Waals surface area contributed by atoms with Gasteiger partial charge in [0.15, 0.2) is 0 Å². The van der Waals surface area contributed by atoms with Crippen molar-refractivity contribution in [2.24, 2.45) is 0 Å². The van der Waals surface area contributed by atoms with Crippen LogP contribution >= 0.6 is 0 Å². The minimum Gasteiger partial charge on any atom is -0.507 e. The van der Waals surface area contributed by atoms with Crippen LogP contribution in [0.5, 0.6) is 11.5 Å². The van der Waals surface area contributed by atoms with Crippen LogP contribution in [0.4, 0.5) is 0 Å². The van der Waals surface area contributed by atoms with Gasteiger partial charge in [-0.05, 0) is 53.9 Å². The molecule has 1 aliphatic rings. The predicted octanol–water partition coefficient (Wildman–Crippen LogP) is 4.65. The van der Waals surface area contributed by atoms with Crippen molar-refractivity contribution >= 4 is 17.4 Å². The molecule has 7 heteroatoms. The lowest BCUT2D eigenvalue weighted by atomic mass is 9.93. The number of aliphatic hydroxyl groups is 1. The molecule has 0 radical (unpaired) electrons. The zero-order valence-corrected chi connectivity index (χ0v) is 20.6. The van der Waals surface area contributed by atoms with Crippen molar-refractivity contribution in [3.63, 3.8) is 0 Å². The van der Waals surface area contributed by atoms with Crippen molar-refractivity contribution in [2.45, 2.75) is 19.6 Å². The Hall–Kier alpha value is -4.10. The molecule has 1 heterocycles. The van der Waals surface area contributed by atoms with Gasteiger partial charge in [0.25, 0.3) is 11.7 Å². The maximum atomic E-state index is 13.2. The maximum absolute atomic E-state index is 13.2. The molecule has 1 amide bonds. The van der Waals surface area contributed by atoms with Crippen LogP contribution in [-0.4, -0.2) is 49.1 Å². The number of carbonyl (C=O) groups excluding carboxylic acids is 2.